The number of methoxy groups -OCH3 is 1. The summed E-state index contributed by atoms with van der Waals surface area (Å²) in [6.45, 7) is 5.20. The van der Waals surface area contributed by atoms with Gasteiger partial charge in [-0.1, -0.05) is 42.8 Å². The number of hydrogen-bond acceptors (Lipinski definition) is 2. The molecule has 2 aromatic carbocycles. The molecule has 1 unspecified atom stereocenters. The van der Waals surface area contributed by atoms with Crippen molar-refractivity contribution in [2.45, 2.75) is 26.3 Å². The molecule has 0 saturated carbocycles. The first kappa shape index (κ1) is 15.9. The number of rotatable bonds is 6. The Morgan fingerprint density at radius 2 is 1.90 bits per heavy atom. The van der Waals surface area contributed by atoms with E-state index in [9.17, 15) is 0 Å². The monoisotopic (exact) mass is 303 g/mol. The fraction of sp³-hybridized carbons (Fsp3) is 0.333. The summed E-state index contributed by atoms with van der Waals surface area (Å²) in [7, 11) is 1.70. The zero-order valence-electron chi connectivity index (χ0n) is 12.8. The van der Waals surface area contributed by atoms with Crippen molar-refractivity contribution in [3.8, 4) is 5.75 Å². The van der Waals surface area contributed by atoms with E-state index in [1.54, 1.807) is 7.11 Å². The largest absolute Gasteiger partial charge is 0.496 e. The molecule has 21 heavy (non-hydrogen) atoms. The van der Waals surface area contributed by atoms with Gasteiger partial charge >= 0.3 is 0 Å². The number of nitrogens with one attached hydrogen (secondary N) is 1. The molecule has 0 aliphatic heterocycles. The summed E-state index contributed by atoms with van der Waals surface area (Å²) in [6, 6.07) is 14.5. The molecule has 0 amide bonds. The highest BCUT2D eigenvalue weighted by Gasteiger charge is 2.14. The molecule has 0 aromatic heterocycles. The quantitative estimate of drug-likeness (QED) is 0.832. The van der Waals surface area contributed by atoms with Gasteiger partial charge in [0.05, 0.1) is 13.2 Å². The van der Waals surface area contributed by atoms with Crippen LogP contribution in [0, 0.1) is 6.92 Å². The molecule has 0 bridgehead atoms. The molecule has 2 nitrogen and oxygen atoms in total. The summed E-state index contributed by atoms with van der Waals surface area (Å²) in [4.78, 5) is 0. The first-order valence-electron chi connectivity index (χ1n) is 7.29. The van der Waals surface area contributed by atoms with E-state index >= 15 is 0 Å². The van der Waals surface area contributed by atoms with E-state index in [0.717, 1.165) is 29.3 Å². The third-order valence-corrected chi connectivity index (χ3v) is 3.77. The highest BCUT2D eigenvalue weighted by molar-refractivity contribution is 6.30. The Morgan fingerprint density at radius 3 is 2.52 bits per heavy atom. The van der Waals surface area contributed by atoms with Crippen LogP contribution in [-0.2, 0) is 0 Å². The predicted octanol–water partition coefficient (Wildman–Crippen LogP) is 4.75. The molecular weight excluding hydrogens is 282 g/mol. The fourth-order valence-electron chi connectivity index (χ4n) is 2.48. The summed E-state index contributed by atoms with van der Waals surface area (Å²) >= 11 is 6.14. The van der Waals surface area contributed by atoms with E-state index in [-0.39, 0.29) is 6.04 Å². The minimum absolute atomic E-state index is 0.147. The highest BCUT2D eigenvalue weighted by Crippen LogP contribution is 2.28. The molecule has 0 spiro atoms. The first-order valence-corrected chi connectivity index (χ1v) is 7.67. The number of hydrogen-bond donors (Lipinski definition) is 1. The van der Waals surface area contributed by atoms with Crippen LogP contribution in [0.2, 0.25) is 5.02 Å². The molecular formula is C18H22ClNO. The van der Waals surface area contributed by atoms with Gasteiger partial charge in [-0.15, -0.1) is 0 Å². The second-order valence-electron chi connectivity index (χ2n) is 5.17. The topological polar surface area (TPSA) is 21.3 Å². The van der Waals surface area contributed by atoms with Crippen molar-refractivity contribution in [3.63, 3.8) is 0 Å². The average Bonchev–Trinajstić information content (AvgIpc) is 2.48. The minimum Gasteiger partial charge on any atom is -0.496 e. The van der Waals surface area contributed by atoms with Gasteiger partial charge in [0.25, 0.3) is 0 Å². The number of aryl methyl sites for hydroxylation is 1. The average molecular weight is 304 g/mol. The zero-order chi connectivity index (χ0) is 15.2. The smallest absolute Gasteiger partial charge is 0.121 e. The van der Waals surface area contributed by atoms with Crippen molar-refractivity contribution < 1.29 is 4.74 Å². The van der Waals surface area contributed by atoms with E-state index in [1.165, 1.54) is 11.1 Å². The SMILES string of the molecule is CCCNC(c1cccc(Cl)c1)c1ccc(OC)c(C)c1. The molecule has 0 aliphatic carbocycles. The van der Waals surface area contributed by atoms with Crippen molar-refractivity contribution in [2.24, 2.45) is 0 Å². The summed E-state index contributed by atoms with van der Waals surface area (Å²) in [6.07, 6.45) is 1.09. The lowest BCUT2D eigenvalue weighted by atomic mass is 9.97. The molecule has 2 aromatic rings. The van der Waals surface area contributed by atoms with Crippen LogP contribution in [0.25, 0.3) is 0 Å². The van der Waals surface area contributed by atoms with Crippen LogP contribution < -0.4 is 10.1 Å². The molecule has 0 aliphatic rings. The Morgan fingerprint density at radius 1 is 1.14 bits per heavy atom. The molecule has 1 N–H and O–H groups in total. The maximum absolute atomic E-state index is 6.14. The lowest BCUT2D eigenvalue weighted by Gasteiger charge is -2.21. The maximum atomic E-state index is 6.14. The second kappa shape index (κ2) is 7.48. The second-order valence-corrected chi connectivity index (χ2v) is 5.61. The van der Waals surface area contributed by atoms with Gasteiger partial charge in [0.2, 0.25) is 0 Å². The van der Waals surface area contributed by atoms with E-state index in [2.05, 4.69) is 37.4 Å². The first-order chi connectivity index (χ1) is 10.2. The molecule has 1 atom stereocenters. The van der Waals surface area contributed by atoms with E-state index in [4.69, 9.17) is 16.3 Å². The van der Waals surface area contributed by atoms with Crippen LogP contribution in [0.3, 0.4) is 0 Å². The minimum atomic E-state index is 0.147. The highest BCUT2D eigenvalue weighted by atomic mass is 35.5. The van der Waals surface area contributed by atoms with Gasteiger partial charge < -0.3 is 10.1 Å². The van der Waals surface area contributed by atoms with Crippen LogP contribution in [-0.4, -0.2) is 13.7 Å². The number of benzene rings is 2. The van der Waals surface area contributed by atoms with E-state index < -0.39 is 0 Å². The Balaban J connectivity index is 2.37. The van der Waals surface area contributed by atoms with Crippen molar-refractivity contribution in [1.29, 1.82) is 0 Å². The van der Waals surface area contributed by atoms with Gasteiger partial charge in [0.15, 0.2) is 0 Å². The molecule has 0 fully saturated rings. The van der Waals surface area contributed by atoms with Gasteiger partial charge in [-0.3, -0.25) is 0 Å². The van der Waals surface area contributed by atoms with E-state index in [1.807, 2.05) is 24.3 Å². The van der Waals surface area contributed by atoms with Crippen molar-refractivity contribution in [3.05, 3.63) is 64.2 Å². The zero-order valence-corrected chi connectivity index (χ0v) is 13.6. The molecule has 2 rings (SSSR count). The normalized spacial score (nSPS) is 12.2. The summed E-state index contributed by atoms with van der Waals surface area (Å²) in [5.74, 6) is 0.916. The van der Waals surface area contributed by atoms with E-state index in [0.29, 0.717) is 0 Å². The standard InChI is InChI=1S/C18H22ClNO/c1-4-10-20-18(14-6-5-7-16(19)12-14)15-8-9-17(21-3)13(2)11-15/h5-9,11-12,18,20H,4,10H2,1-3H3. The molecule has 0 radical (unpaired) electrons. The summed E-state index contributed by atoms with van der Waals surface area (Å²) in [5.41, 5.74) is 3.55. The van der Waals surface area contributed by atoms with Crippen molar-refractivity contribution >= 4 is 11.6 Å². The Hall–Kier alpha value is -1.51. The Bertz CT molecular complexity index is 598. The van der Waals surface area contributed by atoms with Crippen molar-refractivity contribution in [2.75, 3.05) is 13.7 Å². The number of ether oxygens (including phenoxy) is 1. The lowest BCUT2D eigenvalue weighted by Crippen LogP contribution is -2.23. The van der Waals surface area contributed by atoms with Gasteiger partial charge in [-0.2, -0.15) is 0 Å². The predicted molar refractivity (Wildman–Crippen MR) is 89.3 cm³/mol. The maximum Gasteiger partial charge on any atom is 0.121 e. The Kier molecular flexibility index (Phi) is 5.66. The molecule has 3 heteroatoms. The summed E-state index contributed by atoms with van der Waals surface area (Å²) in [5, 5.41) is 4.36. The van der Waals surface area contributed by atoms with Gasteiger partial charge in [0.1, 0.15) is 5.75 Å². The van der Waals surface area contributed by atoms with Gasteiger partial charge in [-0.25, -0.2) is 0 Å². The van der Waals surface area contributed by atoms with Crippen LogP contribution in [0.15, 0.2) is 42.5 Å². The van der Waals surface area contributed by atoms with Gasteiger partial charge in [0, 0.05) is 5.02 Å². The third-order valence-electron chi connectivity index (χ3n) is 3.53. The lowest BCUT2D eigenvalue weighted by molar-refractivity contribution is 0.411. The molecule has 112 valence electrons. The fourth-order valence-corrected chi connectivity index (χ4v) is 2.68. The van der Waals surface area contributed by atoms with Crippen LogP contribution in [0.4, 0.5) is 0 Å². The van der Waals surface area contributed by atoms with Gasteiger partial charge in [-0.05, 0) is 54.8 Å². The van der Waals surface area contributed by atoms with Crippen LogP contribution in [0.5, 0.6) is 5.75 Å². The van der Waals surface area contributed by atoms with Crippen molar-refractivity contribution in [1.82, 2.24) is 5.32 Å². The Labute approximate surface area is 132 Å². The molecule has 0 heterocycles. The number of halogens is 1. The third kappa shape index (κ3) is 3.99. The molecule has 0 saturated heterocycles. The van der Waals surface area contributed by atoms with Crippen LogP contribution in [0.1, 0.15) is 36.1 Å². The summed E-state index contributed by atoms with van der Waals surface area (Å²) < 4.78 is 5.34. The van der Waals surface area contributed by atoms with Crippen LogP contribution >= 0.6 is 11.6 Å².